The molecule has 0 heterocycles. The Morgan fingerprint density at radius 1 is 0.905 bits per heavy atom. The van der Waals surface area contributed by atoms with Crippen molar-refractivity contribution in [3.05, 3.63) is 65.2 Å². The molecule has 1 aliphatic carbocycles. The topological polar surface area (TPSA) is 83.8 Å². The SMILES string of the molecule is O=C1c2ccc(OCc3ccccc3)cc2C(=O)C1(O)O. The number of aliphatic hydroxyl groups is 2. The van der Waals surface area contributed by atoms with E-state index in [0.29, 0.717) is 12.4 Å². The van der Waals surface area contributed by atoms with Crippen molar-refractivity contribution in [1.82, 2.24) is 0 Å². The molecule has 0 amide bonds. The quantitative estimate of drug-likeness (QED) is 0.656. The molecule has 1 aliphatic rings. The van der Waals surface area contributed by atoms with Gasteiger partial charge in [0.25, 0.3) is 5.79 Å². The Kier molecular flexibility index (Phi) is 3.08. The molecule has 0 saturated heterocycles. The van der Waals surface area contributed by atoms with Crippen LogP contribution in [0.4, 0.5) is 0 Å². The molecule has 0 fully saturated rings. The molecule has 2 aromatic rings. The molecule has 2 aromatic carbocycles. The lowest BCUT2D eigenvalue weighted by atomic mass is 10.1. The largest absolute Gasteiger partial charge is 0.489 e. The summed E-state index contributed by atoms with van der Waals surface area (Å²) >= 11 is 0. The highest BCUT2D eigenvalue weighted by Gasteiger charge is 2.50. The third-order valence-electron chi connectivity index (χ3n) is 3.36. The van der Waals surface area contributed by atoms with Crippen LogP contribution in [-0.4, -0.2) is 27.6 Å². The van der Waals surface area contributed by atoms with E-state index in [0.717, 1.165) is 5.56 Å². The summed E-state index contributed by atoms with van der Waals surface area (Å²) in [5.74, 6) is -4.60. The molecule has 106 valence electrons. The van der Waals surface area contributed by atoms with Gasteiger partial charge in [0.2, 0.25) is 11.6 Å². The Morgan fingerprint density at radius 2 is 1.57 bits per heavy atom. The van der Waals surface area contributed by atoms with Crippen LogP contribution in [0.25, 0.3) is 0 Å². The number of ether oxygens (including phenoxy) is 1. The first-order valence-corrected chi connectivity index (χ1v) is 6.35. The van der Waals surface area contributed by atoms with Gasteiger partial charge >= 0.3 is 0 Å². The van der Waals surface area contributed by atoms with Gasteiger partial charge in [-0.2, -0.15) is 0 Å². The van der Waals surface area contributed by atoms with Gasteiger partial charge in [0.05, 0.1) is 0 Å². The summed E-state index contributed by atoms with van der Waals surface area (Å²) in [6.45, 7) is 0.311. The number of carbonyl (C=O) groups excluding carboxylic acids is 2. The van der Waals surface area contributed by atoms with Crippen molar-refractivity contribution < 1.29 is 24.5 Å². The first-order valence-electron chi connectivity index (χ1n) is 6.35. The molecule has 0 radical (unpaired) electrons. The second-order valence-electron chi connectivity index (χ2n) is 4.81. The summed E-state index contributed by atoms with van der Waals surface area (Å²) in [5, 5.41) is 18.9. The predicted molar refractivity (Wildman–Crippen MR) is 73.0 cm³/mol. The molecule has 0 aromatic heterocycles. The van der Waals surface area contributed by atoms with E-state index in [-0.39, 0.29) is 11.1 Å². The van der Waals surface area contributed by atoms with E-state index in [4.69, 9.17) is 4.74 Å². The van der Waals surface area contributed by atoms with E-state index >= 15 is 0 Å². The Bertz CT molecular complexity index is 719. The molecule has 0 unspecified atom stereocenters. The summed E-state index contributed by atoms with van der Waals surface area (Å²) in [4.78, 5) is 23.4. The molecule has 21 heavy (non-hydrogen) atoms. The predicted octanol–water partition coefficient (Wildman–Crippen LogP) is 1.33. The minimum absolute atomic E-state index is 0.00272. The molecule has 0 bridgehead atoms. The fraction of sp³-hybridized carbons (Fsp3) is 0.125. The van der Waals surface area contributed by atoms with Crippen LogP contribution in [0, 0.1) is 0 Å². The molecule has 0 atom stereocenters. The fourth-order valence-corrected chi connectivity index (χ4v) is 2.22. The number of benzene rings is 2. The van der Waals surface area contributed by atoms with Gasteiger partial charge in [0.1, 0.15) is 12.4 Å². The number of ketones is 2. The minimum Gasteiger partial charge on any atom is -0.489 e. The van der Waals surface area contributed by atoms with Crippen LogP contribution in [0.5, 0.6) is 5.75 Å². The lowest BCUT2D eigenvalue weighted by molar-refractivity contribution is -0.0857. The van der Waals surface area contributed by atoms with Crippen LogP contribution in [0.1, 0.15) is 26.3 Å². The van der Waals surface area contributed by atoms with Gasteiger partial charge in [-0.1, -0.05) is 30.3 Å². The number of rotatable bonds is 3. The van der Waals surface area contributed by atoms with Crippen LogP contribution < -0.4 is 4.74 Å². The second-order valence-corrected chi connectivity index (χ2v) is 4.81. The average molecular weight is 284 g/mol. The summed E-state index contributed by atoms with van der Waals surface area (Å²) < 4.78 is 5.54. The van der Waals surface area contributed by atoms with Crippen LogP contribution in [0.15, 0.2) is 48.5 Å². The number of Topliss-reactive ketones (excluding diaryl/α,β-unsaturated/α-hetero) is 2. The lowest BCUT2D eigenvalue weighted by Gasteiger charge is -2.08. The van der Waals surface area contributed by atoms with Crippen molar-refractivity contribution in [2.75, 3.05) is 0 Å². The van der Waals surface area contributed by atoms with Crippen LogP contribution in [0.3, 0.4) is 0 Å². The highest BCUT2D eigenvalue weighted by molar-refractivity contribution is 6.30. The molecule has 2 N–H and O–H groups in total. The van der Waals surface area contributed by atoms with E-state index in [1.807, 2.05) is 30.3 Å². The zero-order valence-electron chi connectivity index (χ0n) is 10.9. The van der Waals surface area contributed by atoms with Gasteiger partial charge in [-0.05, 0) is 23.8 Å². The fourth-order valence-electron chi connectivity index (χ4n) is 2.22. The third-order valence-corrected chi connectivity index (χ3v) is 3.36. The van der Waals surface area contributed by atoms with Gasteiger partial charge in [0, 0.05) is 11.1 Å². The van der Waals surface area contributed by atoms with Crippen molar-refractivity contribution in [3.63, 3.8) is 0 Å². The molecule has 0 saturated carbocycles. The first kappa shape index (κ1) is 13.5. The van der Waals surface area contributed by atoms with Gasteiger partial charge in [-0.3, -0.25) is 9.59 Å². The van der Waals surface area contributed by atoms with E-state index in [1.54, 1.807) is 0 Å². The maximum Gasteiger partial charge on any atom is 0.295 e. The Labute approximate surface area is 120 Å². The van der Waals surface area contributed by atoms with Crippen molar-refractivity contribution in [2.45, 2.75) is 12.4 Å². The van der Waals surface area contributed by atoms with Crippen molar-refractivity contribution in [1.29, 1.82) is 0 Å². The highest BCUT2D eigenvalue weighted by Crippen LogP contribution is 2.31. The van der Waals surface area contributed by atoms with Gasteiger partial charge in [-0.15, -0.1) is 0 Å². The summed E-state index contributed by atoms with van der Waals surface area (Å²) in [6, 6.07) is 13.7. The van der Waals surface area contributed by atoms with E-state index in [1.165, 1.54) is 18.2 Å². The first-order chi connectivity index (χ1) is 10.00. The van der Waals surface area contributed by atoms with Gasteiger partial charge < -0.3 is 14.9 Å². The van der Waals surface area contributed by atoms with E-state index in [9.17, 15) is 19.8 Å². The van der Waals surface area contributed by atoms with Crippen molar-refractivity contribution >= 4 is 11.6 Å². The molecular weight excluding hydrogens is 272 g/mol. The second kappa shape index (κ2) is 4.80. The molecule has 5 heteroatoms. The van der Waals surface area contributed by atoms with Crippen molar-refractivity contribution in [2.24, 2.45) is 0 Å². The number of hydrogen-bond donors (Lipinski definition) is 2. The molecule has 0 aliphatic heterocycles. The summed E-state index contributed by atoms with van der Waals surface area (Å²) in [6.07, 6.45) is 0. The maximum absolute atomic E-state index is 11.8. The Morgan fingerprint density at radius 3 is 2.29 bits per heavy atom. The van der Waals surface area contributed by atoms with Gasteiger partial charge in [-0.25, -0.2) is 0 Å². The maximum atomic E-state index is 11.8. The molecule has 0 spiro atoms. The van der Waals surface area contributed by atoms with Crippen molar-refractivity contribution in [3.8, 4) is 5.75 Å². The minimum atomic E-state index is -2.96. The van der Waals surface area contributed by atoms with Crippen LogP contribution in [0.2, 0.25) is 0 Å². The molecule has 5 nitrogen and oxygen atoms in total. The number of hydrogen-bond acceptors (Lipinski definition) is 5. The number of fused-ring (bicyclic) bond motifs is 1. The average Bonchev–Trinajstić information content (AvgIpc) is 2.67. The zero-order chi connectivity index (χ0) is 15.0. The number of carbonyl (C=O) groups is 2. The monoisotopic (exact) mass is 284 g/mol. The molecule has 3 rings (SSSR count). The summed E-state index contributed by atoms with van der Waals surface area (Å²) in [5.41, 5.74) is 0.923. The van der Waals surface area contributed by atoms with Crippen LogP contribution >= 0.6 is 0 Å². The standard InChI is InChI=1S/C16H12O5/c17-14-12-7-6-11(8-13(12)15(18)16(14,19)20)21-9-10-4-2-1-3-5-10/h1-8,19-20H,9H2. The van der Waals surface area contributed by atoms with E-state index < -0.39 is 17.4 Å². The Balaban J connectivity index is 1.84. The smallest absolute Gasteiger partial charge is 0.295 e. The normalized spacial score (nSPS) is 15.9. The highest BCUT2D eigenvalue weighted by atomic mass is 16.5. The third kappa shape index (κ3) is 2.22. The van der Waals surface area contributed by atoms with E-state index in [2.05, 4.69) is 0 Å². The van der Waals surface area contributed by atoms with Crippen LogP contribution in [-0.2, 0) is 6.61 Å². The lowest BCUT2D eigenvalue weighted by Crippen LogP contribution is -2.40. The molecular formula is C16H12O5. The summed E-state index contributed by atoms with van der Waals surface area (Å²) in [7, 11) is 0. The van der Waals surface area contributed by atoms with Gasteiger partial charge in [0.15, 0.2) is 0 Å². The zero-order valence-corrected chi connectivity index (χ0v) is 10.9. The Hall–Kier alpha value is -2.50.